The van der Waals surface area contributed by atoms with Crippen molar-refractivity contribution in [3.8, 4) is 17.8 Å². The summed E-state index contributed by atoms with van der Waals surface area (Å²) in [5, 5.41) is 11.8. The van der Waals surface area contributed by atoms with Gasteiger partial charge in [-0.1, -0.05) is 24.3 Å². The van der Waals surface area contributed by atoms with E-state index in [0.717, 1.165) is 73.9 Å². The topological polar surface area (TPSA) is 81.0 Å². The number of ether oxygens (including phenoxy) is 2. The zero-order valence-corrected chi connectivity index (χ0v) is 23.8. The smallest absolute Gasteiger partial charge is 0.318 e. The van der Waals surface area contributed by atoms with Crippen molar-refractivity contribution in [2.75, 3.05) is 70.3 Å². The van der Waals surface area contributed by atoms with Gasteiger partial charge in [0, 0.05) is 61.0 Å². The Morgan fingerprint density at radius 3 is 2.65 bits per heavy atom. The average Bonchev–Trinajstić information content (AvgIpc) is 3.40. The van der Waals surface area contributed by atoms with Crippen LogP contribution in [-0.4, -0.2) is 92.4 Å². The SMILES string of the molecule is COc1cc(N2CCc3c(nc(OC[C@@H]4CCCN4C)nc3N3CCN(C)[C@@H](CC#N)C3)C2)c2ccccc2c1. The van der Waals surface area contributed by atoms with Crippen LogP contribution in [0.1, 0.15) is 30.5 Å². The van der Waals surface area contributed by atoms with Gasteiger partial charge in [0.15, 0.2) is 0 Å². The van der Waals surface area contributed by atoms with Gasteiger partial charge in [-0.3, -0.25) is 4.90 Å². The van der Waals surface area contributed by atoms with E-state index in [4.69, 9.17) is 19.4 Å². The van der Waals surface area contributed by atoms with Crippen LogP contribution in [0.4, 0.5) is 11.5 Å². The Hall–Kier alpha value is -3.61. The van der Waals surface area contributed by atoms with Crippen molar-refractivity contribution < 1.29 is 9.47 Å². The summed E-state index contributed by atoms with van der Waals surface area (Å²) in [6.07, 6.45) is 3.69. The number of rotatable bonds is 7. The van der Waals surface area contributed by atoms with E-state index in [1.165, 1.54) is 17.4 Å². The molecule has 210 valence electrons. The Morgan fingerprint density at radius 2 is 1.85 bits per heavy atom. The maximum atomic E-state index is 9.42. The molecule has 0 unspecified atom stereocenters. The molecule has 0 radical (unpaired) electrons. The largest absolute Gasteiger partial charge is 0.497 e. The van der Waals surface area contributed by atoms with Gasteiger partial charge in [0.1, 0.15) is 18.2 Å². The van der Waals surface area contributed by atoms with E-state index in [-0.39, 0.29) is 6.04 Å². The lowest BCUT2D eigenvalue weighted by molar-refractivity contribution is 0.186. The maximum Gasteiger partial charge on any atom is 0.318 e. The quantitative estimate of drug-likeness (QED) is 0.445. The second-order valence-electron chi connectivity index (χ2n) is 11.3. The Bertz CT molecular complexity index is 1410. The van der Waals surface area contributed by atoms with Crippen LogP contribution in [0.3, 0.4) is 0 Å². The zero-order valence-electron chi connectivity index (χ0n) is 23.8. The zero-order chi connectivity index (χ0) is 27.6. The van der Waals surface area contributed by atoms with Crippen LogP contribution in [0.2, 0.25) is 0 Å². The lowest BCUT2D eigenvalue weighted by Gasteiger charge is -2.41. The molecule has 0 aliphatic carbocycles. The number of aromatic nitrogens is 2. The highest BCUT2D eigenvalue weighted by molar-refractivity contribution is 5.95. The van der Waals surface area contributed by atoms with Gasteiger partial charge < -0.3 is 24.2 Å². The summed E-state index contributed by atoms with van der Waals surface area (Å²) in [5.41, 5.74) is 3.38. The molecule has 9 heteroatoms. The minimum Gasteiger partial charge on any atom is -0.497 e. The van der Waals surface area contributed by atoms with Crippen LogP contribution in [0.5, 0.6) is 11.8 Å². The maximum absolute atomic E-state index is 9.42. The van der Waals surface area contributed by atoms with Crippen molar-refractivity contribution in [3.05, 3.63) is 47.7 Å². The van der Waals surface area contributed by atoms with Crippen molar-refractivity contribution in [1.82, 2.24) is 19.8 Å². The van der Waals surface area contributed by atoms with E-state index in [1.54, 1.807) is 7.11 Å². The first-order valence-electron chi connectivity index (χ1n) is 14.4. The number of likely N-dealkylation sites (N-methyl/N-ethyl adjacent to an activating group) is 2. The first kappa shape index (κ1) is 26.6. The predicted octanol–water partition coefficient (Wildman–Crippen LogP) is 3.71. The first-order chi connectivity index (χ1) is 19.5. The molecule has 0 spiro atoms. The highest BCUT2D eigenvalue weighted by Crippen LogP contribution is 2.37. The number of hydrogen-bond acceptors (Lipinski definition) is 9. The number of methoxy groups -OCH3 is 1. The summed E-state index contributed by atoms with van der Waals surface area (Å²) in [4.78, 5) is 19.4. The number of piperazine rings is 1. The molecule has 9 nitrogen and oxygen atoms in total. The molecule has 2 saturated heterocycles. The Labute approximate surface area is 236 Å². The molecule has 0 amide bonds. The molecule has 1 aromatic heterocycles. The normalized spacial score (nSPS) is 21.9. The Kier molecular flexibility index (Phi) is 7.63. The number of hydrogen-bond donors (Lipinski definition) is 0. The average molecular weight is 542 g/mol. The fourth-order valence-electron chi connectivity index (χ4n) is 6.39. The second-order valence-corrected chi connectivity index (χ2v) is 11.3. The molecule has 6 rings (SSSR count). The van der Waals surface area contributed by atoms with E-state index in [1.807, 2.05) is 0 Å². The summed E-state index contributed by atoms with van der Waals surface area (Å²) in [5.74, 6) is 1.83. The van der Waals surface area contributed by atoms with Gasteiger partial charge in [0.2, 0.25) is 0 Å². The second kappa shape index (κ2) is 11.5. The highest BCUT2D eigenvalue weighted by Gasteiger charge is 2.31. The number of fused-ring (bicyclic) bond motifs is 2. The molecular weight excluding hydrogens is 502 g/mol. The van der Waals surface area contributed by atoms with Crippen LogP contribution >= 0.6 is 0 Å². The molecule has 3 aromatic rings. The standard InChI is InChI=1S/C31H39N7O2/c1-35-13-6-8-24(35)21-40-31-33-28-20-37(29-18-25(39-3)17-22-7-4-5-9-26(22)29)14-11-27(28)30(34-31)38-16-15-36(2)23(19-38)10-12-32/h4-5,7,9,17-18,23-24H,6,8,10-11,13-16,19-21H2,1-3H3/t23-,24-/m0/s1. The molecule has 2 atom stereocenters. The fourth-order valence-corrected chi connectivity index (χ4v) is 6.39. The summed E-state index contributed by atoms with van der Waals surface area (Å²) >= 11 is 0. The molecule has 0 N–H and O–H groups in total. The van der Waals surface area contributed by atoms with E-state index in [2.05, 4.69) is 76.2 Å². The Morgan fingerprint density at radius 1 is 1.00 bits per heavy atom. The predicted molar refractivity (Wildman–Crippen MR) is 157 cm³/mol. The van der Waals surface area contributed by atoms with E-state index in [9.17, 15) is 5.26 Å². The number of likely N-dealkylation sites (tertiary alicyclic amines) is 1. The van der Waals surface area contributed by atoms with Gasteiger partial charge in [0.05, 0.1) is 31.8 Å². The lowest BCUT2D eigenvalue weighted by Crippen LogP contribution is -2.52. The monoisotopic (exact) mass is 541 g/mol. The minimum atomic E-state index is 0.184. The Balaban J connectivity index is 1.34. The fraction of sp³-hybridized carbons (Fsp3) is 0.516. The van der Waals surface area contributed by atoms with E-state index >= 15 is 0 Å². The molecule has 3 aliphatic rings. The van der Waals surface area contributed by atoms with Gasteiger partial charge in [0.25, 0.3) is 0 Å². The molecule has 2 fully saturated rings. The third-order valence-electron chi connectivity index (χ3n) is 8.89. The van der Waals surface area contributed by atoms with Crippen molar-refractivity contribution in [2.45, 2.75) is 44.3 Å². The summed E-state index contributed by atoms with van der Waals surface area (Å²) < 4.78 is 12.0. The van der Waals surface area contributed by atoms with Crippen LogP contribution in [-0.2, 0) is 13.0 Å². The van der Waals surface area contributed by atoms with Crippen molar-refractivity contribution in [1.29, 1.82) is 5.26 Å². The van der Waals surface area contributed by atoms with Gasteiger partial charge in [-0.2, -0.15) is 15.2 Å². The third kappa shape index (κ3) is 5.26. The number of nitrogens with zero attached hydrogens (tertiary/aromatic N) is 7. The van der Waals surface area contributed by atoms with Gasteiger partial charge in [-0.25, -0.2) is 0 Å². The van der Waals surface area contributed by atoms with Crippen LogP contribution in [0.15, 0.2) is 36.4 Å². The molecule has 0 bridgehead atoms. The minimum absolute atomic E-state index is 0.184. The van der Waals surface area contributed by atoms with Crippen LogP contribution < -0.4 is 19.3 Å². The highest BCUT2D eigenvalue weighted by atomic mass is 16.5. The summed E-state index contributed by atoms with van der Waals surface area (Å²) in [6, 6.07) is 16.1. The lowest BCUT2D eigenvalue weighted by atomic mass is 10.0. The molecule has 0 saturated carbocycles. The summed E-state index contributed by atoms with van der Waals surface area (Å²) in [7, 11) is 5.99. The van der Waals surface area contributed by atoms with Crippen molar-refractivity contribution in [2.24, 2.45) is 0 Å². The van der Waals surface area contributed by atoms with Crippen molar-refractivity contribution >= 4 is 22.3 Å². The number of anilines is 2. The van der Waals surface area contributed by atoms with Gasteiger partial charge in [-0.15, -0.1) is 0 Å². The number of nitriles is 1. The summed E-state index contributed by atoms with van der Waals surface area (Å²) in [6.45, 7) is 5.80. The first-order valence-corrected chi connectivity index (χ1v) is 14.4. The third-order valence-corrected chi connectivity index (χ3v) is 8.89. The van der Waals surface area contributed by atoms with Crippen molar-refractivity contribution in [3.63, 3.8) is 0 Å². The van der Waals surface area contributed by atoms with Gasteiger partial charge in [-0.05, 0) is 51.4 Å². The van der Waals surface area contributed by atoms with Gasteiger partial charge >= 0.3 is 6.01 Å². The van der Waals surface area contributed by atoms with E-state index < -0.39 is 0 Å². The molecule has 4 heterocycles. The molecule has 40 heavy (non-hydrogen) atoms. The molecule has 2 aromatic carbocycles. The molecular formula is C31H39N7O2. The molecule has 3 aliphatic heterocycles. The van der Waals surface area contributed by atoms with E-state index in [0.29, 0.717) is 31.6 Å². The van der Waals surface area contributed by atoms with Crippen LogP contribution in [0, 0.1) is 11.3 Å². The number of benzene rings is 2. The van der Waals surface area contributed by atoms with Crippen LogP contribution in [0.25, 0.3) is 10.8 Å².